The SMILES string of the molecule is CCNC(=NCc1ncc(C)s1)NC1CC=CC1. The normalized spacial score (nSPS) is 16.2. The van der Waals surface area contributed by atoms with Crippen LogP contribution in [-0.4, -0.2) is 23.5 Å². The van der Waals surface area contributed by atoms with Crippen molar-refractivity contribution in [3.63, 3.8) is 0 Å². The highest BCUT2D eigenvalue weighted by Gasteiger charge is 2.11. The summed E-state index contributed by atoms with van der Waals surface area (Å²) in [6.07, 6.45) is 8.50. The first kappa shape index (κ1) is 13.1. The molecule has 1 aliphatic rings. The molecular formula is C13H20N4S. The van der Waals surface area contributed by atoms with Gasteiger partial charge in [0.1, 0.15) is 5.01 Å². The zero-order valence-corrected chi connectivity index (χ0v) is 11.8. The molecule has 0 aliphatic heterocycles. The molecule has 0 saturated carbocycles. The number of nitrogens with one attached hydrogen (secondary N) is 2. The molecule has 5 heteroatoms. The molecular weight excluding hydrogens is 244 g/mol. The highest BCUT2D eigenvalue weighted by Crippen LogP contribution is 2.12. The molecule has 0 unspecified atom stereocenters. The van der Waals surface area contributed by atoms with Crippen LogP contribution in [0.2, 0.25) is 0 Å². The van der Waals surface area contributed by atoms with Gasteiger partial charge in [0.25, 0.3) is 0 Å². The average molecular weight is 264 g/mol. The van der Waals surface area contributed by atoms with Crippen LogP contribution < -0.4 is 10.6 Å². The summed E-state index contributed by atoms with van der Waals surface area (Å²) < 4.78 is 0. The highest BCUT2D eigenvalue weighted by molar-refractivity contribution is 7.11. The Morgan fingerprint density at radius 3 is 2.89 bits per heavy atom. The molecule has 4 nitrogen and oxygen atoms in total. The Morgan fingerprint density at radius 2 is 2.28 bits per heavy atom. The molecule has 1 heterocycles. The molecule has 0 atom stereocenters. The molecule has 0 radical (unpaired) electrons. The maximum absolute atomic E-state index is 4.58. The standard InChI is InChI=1S/C13H20N4S/c1-3-14-13(17-11-6-4-5-7-11)16-9-12-15-8-10(2)18-12/h4-5,8,11H,3,6-7,9H2,1-2H3,(H2,14,16,17). The number of rotatable bonds is 4. The summed E-state index contributed by atoms with van der Waals surface area (Å²) in [5.41, 5.74) is 0. The summed E-state index contributed by atoms with van der Waals surface area (Å²) in [7, 11) is 0. The van der Waals surface area contributed by atoms with Gasteiger partial charge in [-0.25, -0.2) is 9.98 Å². The van der Waals surface area contributed by atoms with E-state index in [9.17, 15) is 0 Å². The predicted molar refractivity (Wildman–Crippen MR) is 77.0 cm³/mol. The van der Waals surface area contributed by atoms with Gasteiger partial charge in [-0.2, -0.15) is 0 Å². The quantitative estimate of drug-likeness (QED) is 0.498. The second kappa shape index (κ2) is 6.54. The van der Waals surface area contributed by atoms with Gasteiger partial charge in [-0.15, -0.1) is 11.3 Å². The van der Waals surface area contributed by atoms with Gasteiger partial charge >= 0.3 is 0 Å². The summed E-state index contributed by atoms with van der Waals surface area (Å²) in [5, 5.41) is 7.79. The first-order valence-corrected chi connectivity index (χ1v) is 7.20. The number of nitrogens with zero attached hydrogens (tertiary/aromatic N) is 2. The van der Waals surface area contributed by atoms with E-state index < -0.39 is 0 Å². The number of thiazole rings is 1. The topological polar surface area (TPSA) is 49.3 Å². The summed E-state index contributed by atoms with van der Waals surface area (Å²) in [6, 6.07) is 0.487. The number of aryl methyl sites for hydroxylation is 1. The van der Waals surface area contributed by atoms with Gasteiger partial charge in [0.05, 0.1) is 6.54 Å². The minimum Gasteiger partial charge on any atom is -0.357 e. The third-order valence-corrected chi connectivity index (χ3v) is 3.63. The van der Waals surface area contributed by atoms with E-state index in [4.69, 9.17) is 0 Å². The summed E-state index contributed by atoms with van der Waals surface area (Å²) in [4.78, 5) is 10.1. The van der Waals surface area contributed by atoms with Crippen LogP contribution >= 0.6 is 11.3 Å². The number of aromatic nitrogens is 1. The average Bonchev–Trinajstić information content (AvgIpc) is 2.98. The molecule has 1 aromatic heterocycles. The minimum atomic E-state index is 0.487. The molecule has 0 bridgehead atoms. The zero-order valence-electron chi connectivity index (χ0n) is 10.9. The Morgan fingerprint density at radius 1 is 1.50 bits per heavy atom. The van der Waals surface area contributed by atoms with Crippen LogP contribution in [0.3, 0.4) is 0 Å². The van der Waals surface area contributed by atoms with Crippen LogP contribution in [0.5, 0.6) is 0 Å². The lowest BCUT2D eigenvalue weighted by atomic mass is 10.2. The molecule has 1 aliphatic carbocycles. The van der Waals surface area contributed by atoms with Gasteiger partial charge in [-0.05, 0) is 26.7 Å². The van der Waals surface area contributed by atoms with E-state index in [1.165, 1.54) is 4.88 Å². The van der Waals surface area contributed by atoms with Crippen molar-refractivity contribution in [1.29, 1.82) is 0 Å². The largest absolute Gasteiger partial charge is 0.357 e. The second-order valence-electron chi connectivity index (χ2n) is 4.34. The van der Waals surface area contributed by atoms with E-state index >= 15 is 0 Å². The first-order chi connectivity index (χ1) is 8.78. The molecule has 2 rings (SSSR count). The van der Waals surface area contributed by atoms with Crippen molar-refractivity contribution in [2.24, 2.45) is 4.99 Å². The van der Waals surface area contributed by atoms with E-state index in [-0.39, 0.29) is 0 Å². The maximum atomic E-state index is 4.58. The van der Waals surface area contributed by atoms with Crippen molar-refractivity contribution in [1.82, 2.24) is 15.6 Å². The summed E-state index contributed by atoms with van der Waals surface area (Å²) >= 11 is 1.70. The van der Waals surface area contributed by atoms with E-state index in [0.717, 1.165) is 30.4 Å². The number of hydrogen-bond acceptors (Lipinski definition) is 3. The monoisotopic (exact) mass is 264 g/mol. The van der Waals surface area contributed by atoms with Crippen LogP contribution in [0, 0.1) is 6.92 Å². The van der Waals surface area contributed by atoms with Gasteiger partial charge in [0.2, 0.25) is 0 Å². The van der Waals surface area contributed by atoms with E-state index in [0.29, 0.717) is 12.6 Å². The van der Waals surface area contributed by atoms with Gasteiger partial charge in [0, 0.05) is 23.7 Å². The Bertz CT molecular complexity index is 428. The van der Waals surface area contributed by atoms with Crippen molar-refractivity contribution in [2.75, 3.05) is 6.54 Å². The zero-order chi connectivity index (χ0) is 12.8. The third-order valence-electron chi connectivity index (χ3n) is 2.73. The van der Waals surface area contributed by atoms with Gasteiger partial charge in [-0.3, -0.25) is 0 Å². The summed E-state index contributed by atoms with van der Waals surface area (Å²) in [6.45, 7) is 5.67. The van der Waals surface area contributed by atoms with Crippen LogP contribution in [0.1, 0.15) is 29.7 Å². The molecule has 0 saturated heterocycles. The molecule has 0 fully saturated rings. The lowest BCUT2D eigenvalue weighted by molar-refractivity contribution is 0.633. The molecule has 98 valence electrons. The Balaban J connectivity index is 1.91. The van der Waals surface area contributed by atoms with Crippen molar-refractivity contribution in [3.8, 4) is 0 Å². The van der Waals surface area contributed by atoms with Gasteiger partial charge in [0.15, 0.2) is 5.96 Å². The fraction of sp³-hybridized carbons (Fsp3) is 0.538. The molecule has 1 aromatic rings. The van der Waals surface area contributed by atoms with Crippen LogP contribution in [0.15, 0.2) is 23.3 Å². The molecule has 0 spiro atoms. The Hall–Kier alpha value is -1.36. The number of hydrogen-bond donors (Lipinski definition) is 2. The number of guanidine groups is 1. The van der Waals surface area contributed by atoms with Crippen LogP contribution in [-0.2, 0) is 6.54 Å². The van der Waals surface area contributed by atoms with Crippen LogP contribution in [0.25, 0.3) is 0 Å². The first-order valence-electron chi connectivity index (χ1n) is 6.39. The Labute approximate surface area is 112 Å². The second-order valence-corrected chi connectivity index (χ2v) is 5.66. The van der Waals surface area contributed by atoms with Gasteiger partial charge in [-0.1, -0.05) is 12.2 Å². The lowest BCUT2D eigenvalue weighted by Crippen LogP contribution is -2.42. The fourth-order valence-corrected chi connectivity index (χ4v) is 2.58. The third kappa shape index (κ3) is 3.84. The molecule has 0 aromatic carbocycles. The summed E-state index contributed by atoms with van der Waals surface area (Å²) in [5.74, 6) is 0.888. The van der Waals surface area contributed by atoms with E-state index in [1.807, 2.05) is 6.20 Å². The molecule has 0 amide bonds. The molecule has 2 N–H and O–H groups in total. The Kier molecular flexibility index (Phi) is 4.75. The lowest BCUT2D eigenvalue weighted by Gasteiger charge is -2.16. The minimum absolute atomic E-state index is 0.487. The van der Waals surface area contributed by atoms with E-state index in [2.05, 4.69) is 46.6 Å². The van der Waals surface area contributed by atoms with Gasteiger partial charge < -0.3 is 10.6 Å². The van der Waals surface area contributed by atoms with Crippen molar-refractivity contribution < 1.29 is 0 Å². The smallest absolute Gasteiger partial charge is 0.191 e. The highest BCUT2D eigenvalue weighted by atomic mass is 32.1. The van der Waals surface area contributed by atoms with E-state index in [1.54, 1.807) is 11.3 Å². The van der Waals surface area contributed by atoms with Crippen molar-refractivity contribution in [3.05, 3.63) is 28.2 Å². The van der Waals surface area contributed by atoms with Crippen LogP contribution in [0.4, 0.5) is 0 Å². The van der Waals surface area contributed by atoms with Crippen molar-refractivity contribution >= 4 is 17.3 Å². The number of aliphatic imine (C=N–C) groups is 1. The van der Waals surface area contributed by atoms with Crippen molar-refractivity contribution in [2.45, 2.75) is 39.3 Å². The fourth-order valence-electron chi connectivity index (χ4n) is 1.87. The maximum Gasteiger partial charge on any atom is 0.191 e. The predicted octanol–water partition coefficient (Wildman–Crippen LogP) is 2.23. The molecule has 18 heavy (non-hydrogen) atoms.